The van der Waals surface area contributed by atoms with E-state index in [1.165, 1.54) is 11.3 Å². The van der Waals surface area contributed by atoms with Crippen molar-refractivity contribution in [2.75, 3.05) is 25.1 Å². The number of hydrogen-bond donors (Lipinski definition) is 1. The van der Waals surface area contributed by atoms with E-state index in [9.17, 15) is 14.4 Å². The first-order valence-corrected chi connectivity index (χ1v) is 11.7. The molecule has 0 spiro atoms. The third-order valence-electron chi connectivity index (χ3n) is 4.88. The molecule has 1 aromatic heterocycles. The van der Waals surface area contributed by atoms with Gasteiger partial charge in [-0.25, -0.2) is 9.59 Å². The summed E-state index contributed by atoms with van der Waals surface area (Å²) in [6.45, 7) is 4.95. The van der Waals surface area contributed by atoms with Crippen molar-refractivity contribution in [3.8, 4) is 16.9 Å². The maximum absolute atomic E-state index is 12.6. The van der Waals surface area contributed by atoms with Gasteiger partial charge < -0.3 is 19.5 Å². The summed E-state index contributed by atoms with van der Waals surface area (Å²) in [4.78, 5) is 37.0. The summed E-state index contributed by atoms with van der Waals surface area (Å²) in [7, 11) is 0. The molecule has 9 heteroatoms. The lowest BCUT2D eigenvalue weighted by atomic mass is 10.0. The van der Waals surface area contributed by atoms with Crippen LogP contribution in [0.15, 0.2) is 47.8 Å². The van der Waals surface area contributed by atoms with E-state index in [1.807, 2.05) is 26.0 Å². The molecule has 3 rings (SSSR count). The average molecular weight is 502 g/mol. The molecule has 3 aromatic rings. The Kier molecular flexibility index (Phi) is 8.67. The molecule has 0 saturated carbocycles. The number of ether oxygens (including phenoxy) is 3. The standard InChI is InChI=1S/C25H24ClNO6S/c1-4-31-25(30)23-20(17-6-8-18(26)9-7-17)14-34-24(23)27-21(28)12-33-22(29)13-32-19-10-5-15(2)16(3)11-19/h5-11,14H,4,12-13H2,1-3H3,(H,27,28). The first-order valence-electron chi connectivity index (χ1n) is 10.5. The van der Waals surface area contributed by atoms with Crippen molar-refractivity contribution < 1.29 is 28.6 Å². The van der Waals surface area contributed by atoms with Gasteiger partial charge in [-0.3, -0.25) is 4.79 Å². The molecule has 2 aromatic carbocycles. The van der Waals surface area contributed by atoms with Crippen LogP contribution in [0.5, 0.6) is 5.75 Å². The molecule has 1 heterocycles. The van der Waals surface area contributed by atoms with Crippen LogP contribution in [0, 0.1) is 13.8 Å². The minimum absolute atomic E-state index is 0.181. The summed E-state index contributed by atoms with van der Waals surface area (Å²) in [5.41, 5.74) is 3.73. The molecule has 0 aliphatic carbocycles. The SMILES string of the molecule is CCOC(=O)c1c(-c2ccc(Cl)cc2)csc1NC(=O)COC(=O)COc1ccc(C)c(C)c1. The van der Waals surface area contributed by atoms with Gasteiger partial charge in [-0.05, 0) is 61.7 Å². The summed E-state index contributed by atoms with van der Waals surface area (Å²) >= 11 is 7.13. The van der Waals surface area contributed by atoms with E-state index in [1.54, 1.807) is 42.6 Å². The van der Waals surface area contributed by atoms with Crippen LogP contribution < -0.4 is 10.1 Å². The smallest absolute Gasteiger partial charge is 0.344 e. The van der Waals surface area contributed by atoms with Gasteiger partial charge in [-0.15, -0.1) is 11.3 Å². The second-order valence-electron chi connectivity index (χ2n) is 7.32. The van der Waals surface area contributed by atoms with Gasteiger partial charge in [0, 0.05) is 16.0 Å². The van der Waals surface area contributed by atoms with Crippen LogP contribution >= 0.6 is 22.9 Å². The number of benzene rings is 2. The third-order valence-corrected chi connectivity index (χ3v) is 6.03. The number of nitrogens with one attached hydrogen (secondary N) is 1. The fraction of sp³-hybridized carbons (Fsp3) is 0.240. The minimum Gasteiger partial charge on any atom is -0.482 e. The fourth-order valence-corrected chi connectivity index (χ4v) is 4.09. The number of halogens is 1. The molecular weight excluding hydrogens is 478 g/mol. The van der Waals surface area contributed by atoms with Crippen LogP contribution in [0.4, 0.5) is 5.00 Å². The predicted octanol–water partition coefficient (Wildman–Crippen LogP) is 5.42. The second-order valence-corrected chi connectivity index (χ2v) is 8.64. The van der Waals surface area contributed by atoms with Crippen molar-refractivity contribution in [2.24, 2.45) is 0 Å². The van der Waals surface area contributed by atoms with Crippen molar-refractivity contribution >= 4 is 45.8 Å². The molecule has 0 aliphatic rings. The van der Waals surface area contributed by atoms with E-state index in [-0.39, 0.29) is 18.8 Å². The molecular formula is C25H24ClNO6S. The van der Waals surface area contributed by atoms with Crippen LogP contribution in [0.2, 0.25) is 5.02 Å². The zero-order valence-corrected chi connectivity index (χ0v) is 20.5. The van der Waals surface area contributed by atoms with E-state index in [0.717, 1.165) is 16.7 Å². The molecule has 1 N–H and O–H groups in total. The van der Waals surface area contributed by atoms with E-state index >= 15 is 0 Å². The molecule has 1 amide bonds. The number of thiophene rings is 1. The van der Waals surface area contributed by atoms with Crippen LogP contribution in [-0.4, -0.2) is 37.7 Å². The topological polar surface area (TPSA) is 90.9 Å². The highest BCUT2D eigenvalue weighted by Gasteiger charge is 2.23. The van der Waals surface area contributed by atoms with Crippen molar-refractivity contribution in [3.05, 3.63) is 69.6 Å². The Bertz CT molecular complexity index is 1190. The molecule has 0 aliphatic heterocycles. The second kappa shape index (κ2) is 11.7. The Morgan fingerprint density at radius 1 is 0.971 bits per heavy atom. The monoisotopic (exact) mass is 501 g/mol. The van der Waals surface area contributed by atoms with Gasteiger partial charge in [-0.1, -0.05) is 29.8 Å². The number of carbonyl (C=O) groups excluding carboxylic acids is 3. The normalized spacial score (nSPS) is 10.5. The first-order chi connectivity index (χ1) is 16.3. The highest BCUT2D eigenvalue weighted by atomic mass is 35.5. The van der Waals surface area contributed by atoms with Crippen LogP contribution in [0.3, 0.4) is 0 Å². The van der Waals surface area contributed by atoms with Gasteiger partial charge in [0.2, 0.25) is 0 Å². The Morgan fingerprint density at radius 2 is 1.71 bits per heavy atom. The lowest BCUT2D eigenvalue weighted by molar-refractivity contribution is -0.149. The van der Waals surface area contributed by atoms with Gasteiger partial charge in [-0.2, -0.15) is 0 Å². The summed E-state index contributed by atoms with van der Waals surface area (Å²) in [6.07, 6.45) is 0. The van der Waals surface area contributed by atoms with Gasteiger partial charge >= 0.3 is 11.9 Å². The molecule has 0 radical (unpaired) electrons. The maximum atomic E-state index is 12.6. The Morgan fingerprint density at radius 3 is 2.38 bits per heavy atom. The van der Waals surface area contributed by atoms with Gasteiger partial charge in [0.05, 0.1) is 6.61 Å². The highest BCUT2D eigenvalue weighted by Crippen LogP contribution is 2.36. The summed E-state index contributed by atoms with van der Waals surface area (Å²) < 4.78 is 15.6. The maximum Gasteiger partial charge on any atom is 0.344 e. The van der Waals surface area contributed by atoms with Crippen LogP contribution in [-0.2, 0) is 19.1 Å². The number of hydrogen-bond acceptors (Lipinski definition) is 7. The number of aryl methyl sites for hydroxylation is 2. The van der Waals surface area contributed by atoms with E-state index in [0.29, 0.717) is 21.3 Å². The minimum atomic E-state index is -0.688. The Hall–Kier alpha value is -3.36. The van der Waals surface area contributed by atoms with Gasteiger partial charge in [0.25, 0.3) is 5.91 Å². The lowest BCUT2D eigenvalue weighted by Gasteiger charge is -2.10. The summed E-state index contributed by atoms with van der Waals surface area (Å²) in [5.74, 6) is -1.30. The molecule has 0 unspecified atom stereocenters. The number of amides is 1. The number of rotatable bonds is 9. The van der Waals surface area contributed by atoms with Crippen LogP contribution in [0.25, 0.3) is 11.1 Å². The van der Waals surface area contributed by atoms with Crippen molar-refractivity contribution in [1.82, 2.24) is 0 Å². The van der Waals surface area contributed by atoms with Gasteiger partial charge in [0.15, 0.2) is 13.2 Å². The van der Waals surface area contributed by atoms with Gasteiger partial charge in [0.1, 0.15) is 16.3 Å². The quantitative estimate of drug-likeness (QED) is 0.393. The van der Waals surface area contributed by atoms with Crippen molar-refractivity contribution in [2.45, 2.75) is 20.8 Å². The Labute approximate surface area is 206 Å². The molecule has 0 atom stereocenters. The van der Waals surface area contributed by atoms with E-state index in [2.05, 4.69) is 5.32 Å². The zero-order chi connectivity index (χ0) is 24.7. The van der Waals surface area contributed by atoms with E-state index in [4.69, 9.17) is 25.8 Å². The van der Waals surface area contributed by atoms with Crippen molar-refractivity contribution in [3.63, 3.8) is 0 Å². The number of anilines is 1. The average Bonchev–Trinajstić information content (AvgIpc) is 3.22. The first kappa shape index (κ1) is 25.3. The lowest BCUT2D eigenvalue weighted by Crippen LogP contribution is -2.24. The third kappa shape index (κ3) is 6.59. The van der Waals surface area contributed by atoms with Crippen molar-refractivity contribution in [1.29, 1.82) is 0 Å². The molecule has 7 nitrogen and oxygen atoms in total. The molecule has 0 saturated heterocycles. The van der Waals surface area contributed by atoms with Crippen LogP contribution in [0.1, 0.15) is 28.4 Å². The number of carbonyl (C=O) groups is 3. The molecule has 34 heavy (non-hydrogen) atoms. The molecule has 0 bridgehead atoms. The molecule has 178 valence electrons. The fourth-order valence-electron chi connectivity index (χ4n) is 2.99. The van der Waals surface area contributed by atoms with E-state index < -0.39 is 24.5 Å². The summed E-state index contributed by atoms with van der Waals surface area (Å²) in [6, 6.07) is 12.4. The highest BCUT2D eigenvalue weighted by molar-refractivity contribution is 7.15. The largest absolute Gasteiger partial charge is 0.482 e. The predicted molar refractivity (Wildman–Crippen MR) is 132 cm³/mol. The zero-order valence-electron chi connectivity index (χ0n) is 19.0. The summed E-state index contributed by atoms with van der Waals surface area (Å²) in [5, 5.41) is 5.24. The Balaban J connectivity index is 1.62. The molecule has 0 fully saturated rings. The number of esters is 2.